The second-order valence-electron chi connectivity index (χ2n) is 9.17. The van der Waals surface area contributed by atoms with E-state index in [2.05, 4.69) is 0 Å². The van der Waals surface area contributed by atoms with Gasteiger partial charge in [0.15, 0.2) is 0 Å². The molecule has 29 heavy (non-hydrogen) atoms. The van der Waals surface area contributed by atoms with Crippen LogP contribution in [0.1, 0.15) is 58.3 Å². The van der Waals surface area contributed by atoms with Crippen LogP contribution in [0.3, 0.4) is 0 Å². The molecule has 1 aromatic rings. The van der Waals surface area contributed by atoms with E-state index >= 15 is 0 Å². The summed E-state index contributed by atoms with van der Waals surface area (Å²) in [5, 5.41) is 11.4. The second kappa shape index (κ2) is 8.18. The number of rotatable bonds is 4. The number of pyridine rings is 1. The fourth-order valence-electron chi connectivity index (χ4n) is 3.41. The minimum Gasteiger partial charge on any atom is -0.462 e. The summed E-state index contributed by atoms with van der Waals surface area (Å²) in [6, 6.07) is 2.70. The van der Waals surface area contributed by atoms with Crippen molar-refractivity contribution in [3.8, 4) is 0 Å². The smallest absolute Gasteiger partial charge is 0.410 e. The normalized spacial score (nSPS) is 21.6. The van der Waals surface area contributed by atoms with Gasteiger partial charge in [0.25, 0.3) is 5.56 Å². The van der Waals surface area contributed by atoms with E-state index < -0.39 is 28.7 Å². The molecule has 0 aliphatic carbocycles. The molecule has 8 heteroatoms. The number of esters is 1. The zero-order valence-electron chi connectivity index (χ0n) is 18.2. The van der Waals surface area contributed by atoms with Gasteiger partial charge in [-0.3, -0.25) is 4.79 Å². The Morgan fingerprint density at radius 3 is 2.45 bits per heavy atom. The lowest BCUT2D eigenvalue weighted by Crippen LogP contribution is -2.61. The number of carbonyl (C=O) groups is 2. The van der Waals surface area contributed by atoms with Crippen molar-refractivity contribution in [1.82, 2.24) is 9.47 Å². The number of likely N-dealkylation sites (tertiary alicyclic amines) is 1. The number of hydrogen-bond donors (Lipinski definition) is 1. The highest BCUT2D eigenvalue weighted by atomic mass is 16.6. The molecule has 1 fully saturated rings. The number of aromatic nitrogens is 1. The van der Waals surface area contributed by atoms with Crippen molar-refractivity contribution in [3.05, 3.63) is 34.2 Å². The van der Waals surface area contributed by atoms with Crippen LogP contribution in [-0.4, -0.2) is 57.5 Å². The van der Waals surface area contributed by atoms with Gasteiger partial charge in [0.1, 0.15) is 5.60 Å². The van der Waals surface area contributed by atoms with Gasteiger partial charge in [-0.15, -0.1) is 0 Å². The minimum absolute atomic E-state index is 0.00817. The summed E-state index contributed by atoms with van der Waals surface area (Å²) >= 11 is 0. The molecule has 1 amide bonds. The molecule has 2 heterocycles. The van der Waals surface area contributed by atoms with Gasteiger partial charge < -0.3 is 24.0 Å². The highest BCUT2D eigenvalue weighted by Crippen LogP contribution is 2.40. The van der Waals surface area contributed by atoms with Crippen molar-refractivity contribution < 1.29 is 24.2 Å². The van der Waals surface area contributed by atoms with Gasteiger partial charge in [0.2, 0.25) is 0 Å². The number of hydrogen-bond acceptors (Lipinski definition) is 6. The Balaban J connectivity index is 2.21. The predicted molar refractivity (Wildman–Crippen MR) is 108 cm³/mol. The van der Waals surface area contributed by atoms with Gasteiger partial charge in [0, 0.05) is 30.8 Å². The third kappa shape index (κ3) is 5.38. The first-order chi connectivity index (χ1) is 13.3. The molecule has 0 bridgehead atoms. The molecule has 1 aliphatic heterocycles. The van der Waals surface area contributed by atoms with Gasteiger partial charge in [-0.1, -0.05) is 13.8 Å². The van der Waals surface area contributed by atoms with Gasteiger partial charge in [-0.25, -0.2) is 9.59 Å². The van der Waals surface area contributed by atoms with E-state index in [-0.39, 0.29) is 37.2 Å². The Bertz CT molecular complexity index is 823. The van der Waals surface area contributed by atoms with Crippen molar-refractivity contribution in [2.45, 2.75) is 65.7 Å². The van der Waals surface area contributed by atoms with Crippen LogP contribution in [0.25, 0.3) is 0 Å². The van der Waals surface area contributed by atoms with Crippen LogP contribution < -0.4 is 5.56 Å². The highest BCUT2D eigenvalue weighted by Gasteiger charge is 2.49. The average Bonchev–Trinajstić information content (AvgIpc) is 2.58. The number of carbonyl (C=O) groups excluding carboxylic acids is 2. The fourth-order valence-corrected chi connectivity index (χ4v) is 3.41. The molecule has 1 atom stereocenters. The molecule has 2 rings (SSSR count). The summed E-state index contributed by atoms with van der Waals surface area (Å²) in [5.41, 5.74) is -2.63. The molecule has 0 unspecified atom stereocenters. The van der Waals surface area contributed by atoms with Crippen LogP contribution >= 0.6 is 0 Å². The van der Waals surface area contributed by atoms with Crippen molar-refractivity contribution in [2.75, 3.05) is 19.7 Å². The minimum atomic E-state index is -1.25. The summed E-state index contributed by atoms with van der Waals surface area (Å²) in [4.78, 5) is 38.3. The van der Waals surface area contributed by atoms with Crippen LogP contribution in [0.2, 0.25) is 0 Å². The monoisotopic (exact) mass is 408 g/mol. The molecular formula is C21H32N2O6. The van der Waals surface area contributed by atoms with Crippen LogP contribution in [0.5, 0.6) is 0 Å². The Kier molecular flexibility index (Phi) is 6.47. The van der Waals surface area contributed by atoms with Crippen molar-refractivity contribution in [3.63, 3.8) is 0 Å². The quantitative estimate of drug-likeness (QED) is 0.769. The first kappa shape index (κ1) is 22.9. The van der Waals surface area contributed by atoms with Crippen molar-refractivity contribution >= 4 is 12.1 Å². The summed E-state index contributed by atoms with van der Waals surface area (Å²) in [7, 11) is 0. The number of ether oxygens (including phenoxy) is 2. The first-order valence-electron chi connectivity index (χ1n) is 9.86. The molecule has 0 aromatic carbocycles. The lowest BCUT2D eigenvalue weighted by Gasteiger charge is -2.50. The SMILES string of the molecule is CCOC(=O)c1ccc(=O)n(C[C@]2(O)CCN(C(=O)OC(C)(C)C)CC2(C)C)c1. The van der Waals surface area contributed by atoms with E-state index in [4.69, 9.17) is 9.47 Å². The molecule has 1 saturated heterocycles. The highest BCUT2D eigenvalue weighted by molar-refractivity contribution is 5.88. The number of nitrogens with zero attached hydrogens (tertiary/aromatic N) is 2. The standard InChI is InChI=1S/C21H32N2O6/c1-7-28-17(25)15-8-9-16(24)23(12-15)14-21(27)10-11-22(13-20(21,5)6)18(26)29-19(2,3)4/h8-9,12,27H,7,10-11,13-14H2,1-6H3/t21-/m1/s1. The molecule has 1 N–H and O–H groups in total. The summed E-state index contributed by atoms with van der Waals surface area (Å²) in [6.07, 6.45) is 1.26. The van der Waals surface area contributed by atoms with E-state index in [9.17, 15) is 19.5 Å². The van der Waals surface area contributed by atoms with Crippen LogP contribution in [0, 0.1) is 5.41 Å². The van der Waals surface area contributed by atoms with Gasteiger partial charge in [0.05, 0.1) is 24.3 Å². The topological polar surface area (TPSA) is 98.1 Å². The predicted octanol–water partition coefficient (Wildman–Crippen LogP) is 2.42. The molecular weight excluding hydrogens is 376 g/mol. The zero-order chi connectivity index (χ0) is 22.0. The fraction of sp³-hybridized carbons (Fsp3) is 0.667. The second-order valence-corrected chi connectivity index (χ2v) is 9.17. The van der Waals surface area contributed by atoms with Crippen molar-refractivity contribution in [2.24, 2.45) is 5.41 Å². The lowest BCUT2D eigenvalue weighted by molar-refractivity contribution is -0.126. The van der Waals surface area contributed by atoms with E-state index in [1.165, 1.54) is 22.9 Å². The lowest BCUT2D eigenvalue weighted by atomic mass is 9.70. The van der Waals surface area contributed by atoms with Crippen LogP contribution in [-0.2, 0) is 16.0 Å². The van der Waals surface area contributed by atoms with Gasteiger partial charge in [-0.2, -0.15) is 0 Å². The Morgan fingerprint density at radius 1 is 1.24 bits per heavy atom. The van der Waals surface area contributed by atoms with E-state index in [0.717, 1.165) is 0 Å². The Labute approximate surface area is 171 Å². The maximum atomic E-state index is 12.4. The van der Waals surface area contributed by atoms with E-state index in [0.29, 0.717) is 6.54 Å². The van der Waals surface area contributed by atoms with Gasteiger partial charge >= 0.3 is 12.1 Å². The third-order valence-electron chi connectivity index (χ3n) is 5.22. The Morgan fingerprint density at radius 2 is 1.90 bits per heavy atom. The summed E-state index contributed by atoms with van der Waals surface area (Å²) in [6.45, 7) is 11.7. The molecule has 0 spiro atoms. The van der Waals surface area contributed by atoms with Crippen molar-refractivity contribution in [1.29, 1.82) is 0 Å². The molecule has 0 saturated carbocycles. The molecule has 162 valence electrons. The van der Waals surface area contributed by atoms with E-state index in [1.54, 1.807) is 32.6 Å². The number of piperidine rings is 1. The van der Waals surface area contributed by atoms with Crippen LogP contribution in [0.15, 0.2) is 23.1 Å². The molecule has 8 nitrogen and oxygen atoms in total. The molecule has 0 radical (unpaired) electrons. The maximum Gasteiger partial charge on any atom is 0.410 e. The zero-order valence-corrected chi connectivity index (χ0v) is 18.2. The summed E-state index contributed by atoms with van der Waals surface area (Å²) < 4.78 is 11.8. The van der Waals surface area contributed by atoms with Crippen LogP contribution in [0.4, 0.5) is 4.79 Å². The summed E-state index contributed by atoms with van der Waals surface area (Å²) in [5.74, 6) is -0.521. The number of amides is 1. The third-order valence-corrected chi connectivity index (χ3v) is 5.22. The maximum absolute atomic E-state index is 12.4. The number of aliphatic hydroxyl groups is 1. The molecule has 1 aliphatic rings. The molecule has 1 aromatic heterocycles. The first-order valence-corrected chi connectivity index (χ1v) is 9.86. The Hall–Kier alpha value is -2.35. The average molecular weight is 408 g/mol. The van der Waals surface area contributed by atoms with Gasteiger partial charge in [-0.05, 0) is 40.2 Å². The largest absolute Gasteiger partial charge is 0.462 e. The van der Waals surface area contributed by atoms with E-state index in [1.807, 2.05) is 13.8 Å².